The second kappa shape index (κ2) is 4.53. The van der Waals surface area contributed by atoms with Crippen molar-refractivity contribution in [2.24, 2.45) is 0 Å². The number of hydrogen-bond acceptors (Lipinski definition) is 1. The first-order valence-corrected chi connectivity index (χ1v) is 3.56. The molecule has 0 aromatic carbocycles. The van der Waals surface area contributed by atoms with Crippen LogP contribution in [0, 0.1) is 0 Å². The Morgan fingerprint density at radius 3 is 2.20 bits per heavy atom. The summed E-state index contributed by atoms with van der Waals surface area (Å²) in [5.41, 5.74) is 1.14. The van der Waals surface area contributed by atoms with Crippen LogP contribution >= 0.6 is 11.6 Å². The summed E-state index contributed by atoms with van der Waals surface area (Å²) in [7, 11) is 1.99. The number of rotatable bonds is 4. The van der Waals surface area contributed by atoms with E-state index in [9.17, 15) is 0 Å². The van der Waals surface area contributed by atoms with Crippen LogP contribution in [0.15, 0.2) is 23.8 Å². The number of hydrogen-bond donors (Lipinski definition) is 0. The summed E-state index contributed by atoms with van der Waals surface area (Å²) < 4.78 is 0. The third kappa shape index (κ3) is 5.86. The lowest BCUT2D eigenvalue weighted by atomic mass is 10.3. The lowest BCUT2D eigenvalue weighted by Gasteiger charge is -2.14. The topological polar surface area (TPSA) is 3.24 Å². The Morgan fingerprint density at radius 2 is 1.90 bits per heavy atom. The molecule has 0 spiro atoms. The van der Waals surface area contributed by atoms with Gasteiger partial charge in [-0.3, -0.25) is 4.90 Å². The highest BCUT2D eigenvalue weighted by Crippen LogP contribution is 2.00. The summed E-state index contributed by atoms with van der Waals surface area (Å²) >= 11 is 5.59. The first kappa shape index (κ1) is 9.73. The first-order valence-electron chi connectivity index (χ1n) is 3.18. The molecule has 0 aliphatic heterocycles. The Labute approximate surface area is 68.0 Å². The molecule has 0 rings (SSSR count). The number of nitrogens with zero attached hydrogens (tertiary/aromatic N) is 1. The van der Waals surface area contributed by atoms with Crippen molar-refractivity contribution < 1.29 is 0 Å². The van der Waals surface area contributed by atoms with Gasteiger partial charge in [-0.05, 0) is 14.0 Å². The van der Waals surface area contributed by atoms with E-state index in [1.807, 2.05) is 14.0 Å². The van der Waals surface area contributed by atoms with Gasteiger partial charge in [-0.1, -0.05) is 30.3 Å². The second-order valence-corrected chi connectivity index (χ2v) is 3.18. The van der Waals surface area contributed by atoms with E-state index in [2.05, 4.69) is 18.1 Å². The Morgan fingerprint density at radius 1 is 1.40 bits per heavy atom. The Hall–Kier alpha value is -0.270. The molecule has 0 N–H and O–H groups in total. The van der Waals surface area contributed by atoms with Gasteiger partial charge in [-0.15, -0.1) is 0 Å². The van der Waals surface area contributed by atoms with Crippen LogP contribution in [-0.2, 0) is 0 Å². The molecule has 0 heterocycles. The van der Waals surface area contributed by atoms with Crippen molar-refractivity contribution in [1.29, 1.82) is 0 Å². The molecule has 10 heavy (non-hydrogen) atoms. The molecule has 0 saturated carbocycles. The van der Waals surface area contributed by atoms with Crippen LogP contribution < -0.4 is 0 Å². The molecular weight excluding hydrogens is 146 g/mol. The van der Waals surface area contributed by atoms with Gasteiger partial charge in [-0.2, -0.15) is 0 Å². The predicted molar refractivity (Wildman–Crippen MR) is 47.3 cm³/mol. The van der Waals surface area contributed by atoms with Gasteiger partial charge in [0.1, 0.15) is 0 Å². The van der Waals surface area contributed by atoms with E-state index in [0.29, 0.717) is 5.03 Å². The minimum absolute atomic E-state index is 0.670. The smallest absolute Gasteiger partial charge is 0.0336 e. The monoisotopic (exact) mass is 159 g/mol. The molecule has 0 amide bonds. The van der Waals surface area contributed by atoms with Crippen LogP contribution in [0.5, 0.6) is 0 Å². The molecule has 1 nitrogen and oxygen atoms in total. The molecule has 0 aliphatic rings. The van der Waals surface area contributed by atoms with Gasteiger partial charge in [0.15, 0.2) is 0 Å². The largest absolute Gasteiger partial charge is 0.297 e. The fourth-order valence-corrected chi connectivity index (χ4v) is 1.01. The van der Waals surface area contributed by atoms with Crippen molar-refractivity contribution in [2.75, 3.05) is 20.1 Å². The summed E-state index contributed by atoms with van der Waals surface area (Å²) in [5, 5.41) is 0.670. The molecule has 0 aromatic rings. The van der Waals surface area contributed by atoms with Crippen LogP contribution in [0.3, 0.4) is 0 Å². The molecule has 0 saturated heterocycles. The normalized spacial score (nSPS) is 10.0. The van der Waals surface area contributed by atoms with Gasteiger partial charge in [0.05, 0.1) is 0 Å². The fourth-order valence-electron chi connectivity index (χ4n) is 0.810. The fraction of sp³-hybridized carbons (Fsp3) is 0.500. The van der Waals surface area contributed by atoms with E-state index in [1.54, 1.807) is 0 Å². The summed E-state index contributed by atoms with van der Waals surface area (Å²) in [6.45, 7) is 11.0. The maximum absolute atomic E-state index is 5.59. The van der Waals surface area contributed by atoms with Gasteiger partial charge in [0.2, 0.25) is 0 Å². The second-order valence-electron chi connectivity index (χ2n) is 2.65. The van der Waals surface area contributed by atoms with Gasteiger partial charge >= 0.3 is 0 Å². The van der Waals surface area contributed by atoms with Crippen LogP contribution in [0.4, 0.5) is 0 Å². The maximum Gasteiger partial charge on any atom is 0.0336 e. The molecule has 0 radical (unpaired) electrons. The van der Waals surface area contributed by atoms with Crippen molar-refractivity contribution in [3.05, 3.63) is 23.8 Å². The highest BCUT2D eigenvalue weighted by molar-refractivity contribution is 6.29. The molecule has 0 aromatic heterocycles. The van der Waals surface area contributed by atoms with Crippen LogP contribution in [0.25, 0.3) is 0 Å². The average Bonchev–Trinajstić information content (AvgIpc) is 1.58. The van der Waals surface area contributed by atoms with E-state index < -0.39 is 0 Å². The van der Waals surface area contributed by atoms with E-state index in [0.717, 1.165) is 18.7 Å². The molecule has 2 heteroatoms. The highest BCUT2D eigenvalue weighted by atomic mass is 35.5. The summed E-state index contributed by atoms with van der Waals surface area (Å²) in [4.78, 5) is 2.07. The zero-order valence-electron chi connectivity index (χ0n) is 6.65. The molecule has 0 aliphatic carbocycles. The SMILES string of the molecule is C=C(C)CN(C)CC(=C)Cl. The van der Waals surface area contributed by atoms with Gasteiger partial charge in [0, 0.05) is 18.1 Å². The van der Waals surface area contributed by atoms with Crippen molar-refractivity contribution >= 4 is 11.6 Å². The minimum Gasteiger partial charge on any atom is -0.297 e. The lowest BCUT2D eigenvalue weighted by molar-refractivity contribution is 0.400. The molecule has 0 atom stereocenters. The third-order valence-corrected chi connectivity index (χ3v) is 1.10. The minimum atomic E-state index is 0.670. The third-order valence-electron chi connectivity index (χ3n) is 0.981. The highest BCUT2D eigenvalue weighted by Gasteiger charge is 1.97. The summed E-state index contributed by atoms with van der Waals surface area (Å²) in [6, 6.07) is 0. The zero-order chi connectivity index (χ0) is 8.15. The number of halogens is 1. The Balaban J connectivity index is 3.53. The van der Waals surface area contributed by atoms with Crippen LogP contribution in [-0.4, -0.2) is 25.0 Å². The van der Waals surface area contributed by atoms with Crippen LogP contribution in [0.2, 0.25) is 0 Å². The number of likely N-dealkylation sites (N-methyl/N-ethyl adjacent to an activating group) is 1. The Kier molecular flexibility index (Phi) is 4.41. The standard InChI is InChI=1S/C8H14ClN/c1-7(2)5-10(4)6-8(3)9/h1,3,5-6H2,2,4H3. The van der Waals surface area contributed by atoms with E-state index in [1.165, 1.54) is 0 Å². The van der Waals surface area contributed by atoms with Gasteiger partial charge in [0.25, 0.3) is 0 Å². The molecule has 0 fully saturated rings. The van der Waals surface area contributed by atoms with Crippen molar-refractivity contribution in [2.45, 2.75) is 6.92 Å². The molecular formula is C8H14ClN. The van der Waals surface area contributed by atoms with Crippen molar-refractivity contribution in [1.82, 2.24) is 4.90 Å². The Bertz CT molecular complexity index is 124. The summed E-state index contributed by atoms with van der Waals surface area (Å²) in [5.74, 6) is 0. The molecule has 0 bridgehead atoms. The van der Waals surface area contributed by atoms with Gasteiger partial charge < -0.3 is 0 Å². The van der Waals surface area contributed by atoms with E-state index in [-0.39, 0.29) is 0 Å². The van der Waals surface area contributed by atoms with E-state index in [4.69, 9.17) is 11.6 Å². The quantitative estimate of drug-likeness (QED) is 0.569. The summed E-state index contributed by atoms with van der Waals surface area (Å²) in [6.07, 6.45) is 0. The zero-order valence-corrected chi connectivity index (χ0v) is 7.41. The van der Waals surface area contributed by atoms with E-state index >= 15 is 0 Å². The molecule has 0 unspecified atom stereocenters. The molecule has 58 valence electrons. The average molecular weight is 160 g/mol. The van der Waals surface area contributed by atoms with Crippen molar-refractivity contribution in [3.63, 3.8) is 0 Å². The first-order chi connectivity index (χ1) is 4.52. The lowest BCUT2D eigenvalue weighted by Crippen LogP contribution is -2.21. The van der Waals surface area contributed by atoms with Crippen LogP contribution in [0.1, 0.15) is 6.92 Å². The maximum atomic E-state index is 5.59. The van der Waals surface area contributed by atoms with Crippen molar-refractivity contribution in [3.8, 4) is 0 Å². The van der Waals surface area contributed by atoms with Gasteiger partial charge in [-0.25, -0.2) is 0 Å². The predicted octanol–water partition coefficient (Wildman–Crippen LogP) is 2.25.